The standard InChI is InChI=1S/C15H12BrClF2O2/c1-20-13-6-10(12(19)7-14(13)21-2)15(17)9-4-3-8(18)5-11(9)16/h3-7,15H,1-2H3. The Morgan fingerprint density at radius 2 is 1.62 bits per heavy atom. The molecule has 0 aliphatic carbocycles. The van der Waals surface area contributed by atoms with Gasteiger partial charge in [-0.25, -0.2) is 8.78 Å². The Balaban J connectivity index is 2.50. The van der Waals surface area contributed by atoms with Crippen molar-refractivity contribution in [3.05, 3.63) is 57.6 Å². The first-order valence-electron chi connectivity index (χ1n) is 5.98. The van der Waals surface area contributed by atoms with E-state index in [1.807, 2.05) is 0 Å². The lowest BCUT2D eigenvalue weighted by Crippen LogP contribution is -2.01. The van der Waals surface area contributed by atoms with Crippen molar-refractivity contribution in [1.82, 2.24) is 0 Å². The van der Waals surface area contributed by atoms with E-state index in [1.54, 1.807) is 0 Å². The van der Waals surface area contributed by atoms with Crippen molar-refractivity contribution in [3.63, 3.8) is 0 Å². The third-order valence-corrected chi connectivity index (χ3v) is 4.17. The maximum Gasteiger partial charge on any atom is 0.163 e. The highest BCUT2D eigenvalue weighted by molar-refractivity contribution is 9.10. The van der Waals surface area contributed by atoms with Crippen LogP contribution in [0.5, 0.6) is 11.5 Å². The third kappa shape index (κ3) is 3.30. The molecule has 2 aromatic rings. The summed E-state index contributed by atoms with van der Waals surface area (Å²) < 4.78 is 38.0. The minimum atomic E-state index is -0.792. The summed E-state index contributed by atoms with van der Waals surface area (Å²) in [5.74, 6) is -0.273. The molecule has 2 nitrogen and oxygen atoms in total. The Morgan fingerprint density at radius 3 is 2.19 bits per heavy atom. The summed E-state index contributed by atoms with van der Waals surface area (Å²) in [5.41, 5.74) is 0.783. The molecule has 0 radical (unpaired) electrons. The maximum atomic E-state index is 14.2. The summed E-state index contributed by atoms with van der Waals surface area (Å²) >= 11 is 9.56. The van der Waals surface area contributed by atoms with Crippen LogP contribution in [0.25, 0.3) is 0 Å². The first-order valence-corrected chi connectivity index (χ1v) is 7.21. The molecule has 0 aliphatic heterocycles. The van der Waals surface area contributed by atoms with Gasteiger partial charge in [-0.05, 0) is 23.8 Å². The van der Waals surface area contributed by atoms with Gasteiger partial charge in [0.15, 0.2) is 11.5 Å². The van der Waals surface area contributed by atoms with E-state index < -0.39 is 17.0 Å². The van der Waals surface area contributed by atoms with E-state index in [2.05, 4.69) is 15.9 Å². The van der Waals surface area contributed by atoms with E-state index in [-0.39, 0.29) is 11.3 Å². The molecule has 0 saturated carbocycles. The van der Waals surface area contributed by atoms with Crippen molar-refractivity contribution in [1.29, 1.82) is 0 Å². The first kappa shape index (κ1) is 16.0. The van der Waals surface area contributed by atoms with Crippen LogP contribution in [-0.2, 0) is 0 Å². The highest BCUT2D eigenvalue weighted by Gasteiger charge is 2.21. The van der Waals surface area contributed by atoms with Gasteiger partial charge in [-0.1, -0.05) is 22.0 Å². The molecule has 1 unspecified atom stereocenters. The van der Waals surface area contributed by atoms with Gasteiger partial charge < -0.3 is 9.47 Å². The van der Waals surface area contributed by atoms with Crippen molar-refractivity contribution >= 4 is 27.5 Å². The van der Waals surface area contributed by atoms with Crippen molar-refractivity contribution in [3.8, 4) is 11.5 Å². The lowest BCUT2D eigenvalue weighted by Gasteiger charge is -2.16. The molecule has 0 N–H and O–H groups in total. The fourth-order valence-corrected chi connectivity index (χ4v) is 3.01. The van der Waals surface area contributed by atoms with Gasteiger partial charge in [-0.15, -0.1) is 11.6 Å². The van der Waals surface area contributed by atoms with E-state index >= 15 is 0 Å². The molecular formula is C15H12BrClF2O2. The largest absolute Gasteiger partial charge is 0.493 e. The molecule has 0 heterocycles. The lowest BCUT2D eigenvalue weighted by atomic mass is 10.0. The Hall–Kier alpha value is -1.33. The second kappa shape index (κ2) is 6.62. The average Bonchev–Trinajstić information content (AvgIpc) is 2.46. The van der Waals surface area contributed by atoms with E-state index in [4.69, 9.17) is 21.1 Å². The summed E-state index contributed by atoms with van der Waals surface area (Å²) in [6.07, 6.45) is 0. The van der Waals surface area contributed by atoms with Crippen LogP contribution in [0.3, 0.4) is 0 Å². The second-order valence-corrected chi connectivity index (χ2v) is 5.55. The molecule has 2 aromatic carbocycles. The summed E-state index contributed by atoms with van der Waals surface area (Å²) in [5, 5.41) is -0.792. The number of rotatable bonds is 4. The molecule has 0 aliphatic rings. The highest BCUT2D eigenvalue weighted by atomic mass is 79.9. The smallest absolute Gasteiger partial charge is 0.163 e. The summed E-state index contributed by atoms with van der Waals surface area (Å²) in [6.45, 7) is 0. The van der Waals surface area contributed by atoms with Crippen molar-refractivity contribution in [2.24, 2.45) is 0 Å². The monoisotopic (exact) mass is 376 g/mol. The fourth-order valence-electron chi connectivity index (χ4n) is 1.94. The summed E-state index contributed by atoms with van der Waals surface area (Å²) in [4.78, 5) is 0. The molecule has 0 spiro atoms. The van der Waals surface area contributed by atoms with Gasteiger partial charge in [0.2, 0.25) is 0 Å². The SMILES string of the molecule is COc1cc(F)c(C(Cl)c2ccc(F)cc2Br)cc1OC. The van der Waals surface area contributed by atoms with E-state index in [0.29, 0.717) is 15.8 Å². The zero-order chi connectivity index (χ0) is 15.6. The number of benzene rings is 2. The Labute approximate surface area is 134 Å². The minimum absolute atomic E-state index is 0.224. The predicted octanol–water partition coefficient (Wildman–Crippen LogP) is 5.07. The molecule has 112 valence electrons. The Bertz CT molecular complexity index is 664. The van der Waals surface area contributed by atoms with Gasteiger partial charge in [0.05, 0.1) is 19.6 Å². The molecule has 0 amide bonds. The van der Waals surface area contributed by atoms with Crippen LogP contribution in [-0.4, -0.2) is 14.2 Å². The van der Waals surface area contributed by atoms with Gasteiger partial charge in [0.1, 0.15) is 11.6 Å². The highest BCUT2D eigenvalue weighted by Crippen LogP contribution is 2.39. The number of ether oxygens (including phenoxy) is 2. The topological polar surface area (TPSA) is 18.5 Å². The van der Waals surface area contributed by atoms with Crippen LogP contribution in [0.15, 0.2) is 34.8 Å². The maximum absolute atomic E-state index is 14.2. The summed E-state index contributed by atoms with van der Waals surface area (Å²) in [7, 11) is 2.88. The van der Waals surface area contributed by atoms with E-state index in [0.717, 1.165) is 0 Å². The fraction of sp³-hybridized carbons (Fsp3) is 0.200. The van der Waals surface area contributed by atoms with Gasteiger partial charge in [0.25, 0.3) is 0 Å². The molecular weight excluding hydrogens is 366 g/mol. The molecule has 0 aromatic heterocycles. The molecule has 0 fully saturated rings. The predicted molar refractivity (Wildman–Crippen MR) is 81.3 cm³/mol. The van der Waals surface area contributed by atoms with Crippen molar-refractivity contribution in [2.75, 3.05) is 14.2 Å². The van der Waals surface area contributed by atoms with Crippen LogP contribution in [0.2, 0.25) is 0 Å². The molecule has 6 heteroatoms. The number of methoxy groups -OCH3 is 2. The molecule has 2 rings (SSSR count). The zero-order valence-corrected chi connectivity index (χ0v) is 13.6. The zero-order valence-electron chi connectivity index (χ0n) is 11.3. The number of hydrogen-bond donors (Lipinski definition) is 0. The van der Waals surface area contributed by atoms with Gasteiger partial charge in [-0.2, -0.15) is 0 Å². The number of halogens is 4. The van der Waals surface area contributed by atoms with Crippen LogP contribution in [0.4, 0.5) is 8.78 Å². The van der Waals surface area contributed by atoms with Gasteiger partial charge >= 0.3 is 0 Å². The van der Waals surface area contributed by atoms with Crippen molar-refractivity contribution in [2.45, 2.75) is 5.38 Å². The average molecular weight is 378 g/mol. The quantitative estimate of drug-likeness (QED) is 0.692. The van der Waals surface area contributed by atoms with E-state index in [9.17, 15) is 8.78 Å². The minimum Gasteiger partial charge on any atom is -0.493 e. The lowest BCUT2D eigenvalue weighted by molar-refractivity contribution is 0.351. The number of alkyl halides is 1. The molecule has 1 atom stereocenters. The van der Waals surface area contributed by atoms with Crippen LogP contribution >= 0.6 is 27.5 Å². The van der Waals surface area contributed by atoms with Crippen LogP contribution < -0.4 is 9.47 Å². The van der Waals surface area contributed by atoms with Crippen LogP contribution in [0, 0.1) is 11.6 Å². The third-order valence-electron chi connectivity index (χ3n) is 3.01. The van der Waals surface area contributed by atoms with Crippen LogP contribution in [0.1, 0.15) is 16.5 Å². The number of hydrogen-bond acceptors (Lipinski definition) is 2. The van der Waals surface area contributed by atoms with Gasteiger partial charge in [0, 0.05) is 16.1 Å². The molecule has 21 heavy (non-hydrogen) atoms. The summed E-state index contributed by atoms with van der Waals surface area (Å²) in [6, 6.07) is 6.74. The Morgan fingerprint density at radius 1 is 1.00 bits per heavy atom. The normalized spacial score (nSPS) is 12.1. The molecule has 0 bridgehead atoms. The Kier molecular flexibility index (Phi) is 5.06. The first-order chi connectivity index (χ1) is 9.97. The van der Waals surface area contributed by atoms with Gasteiger partial charge in [-0.3, -0.25) is 0 Å². The second-order valence-electron chi connectivity index (χ2n) is 4.26. The molecule has 0 saturated heterocycles. The van der Waals surface area contributed by atoms with Crippen molar-refractivity contribution < 1.29 is 18.3 Å². The van der Waals surface area contributed by atoms with E-state index in [1.165, 1.54) is 44.6 Å².